The maximum absolute atomic E-state index is 14.1. The van der Waals surface area contributed by atoms with Crippen molar-refractivity contribution in [1.82, 2.24) is 15.1 Å². The van der Waals surface area contributed by atoms with E-state index in [9.17, 15) is 22.8 Å². The molecule has 0 bridgehead atoms. The van der Waals surface area contributed by atoms with Crippen molar-refractivity contribution in [3.05, 3.63) is 107 Å². The number of nitrogens with zero attached hydrogens (tertiary/aromatic N) is 2. The molecular weight excluding hydrogens is 543 g/mol. The highest BCUT2D eigenvalue weighted by molar-refractivity contribution is 5.94. The number of hydrogen-bond acceptors (Lipinski definition) is 4. The molecule has 3 atom stereocenters. The summed E-state index contributed by atoms with van der Waals surface area (Å²) in [6.45, 7) is 3.20. The number of carbonyl (C=O) groups excluding carboxylic acids is 2. The van der Waals surface area contributed by atoms with Crippen LogP contribution in [-0.4, -0.2) is 74.1 Å². The lowest BCUT2D eigenvalue weighted by atomic mass is 9.69. The third-order valence-electron chi connectivity index (χ3n) is 8.19. The van der Waals surface area contributed by atoms with Gasteiger partial charge in [-0.3, -0.25) is 14.5 Å². The van der Waals surface area contributed by atoms with Crippen LogP contribution < -0.4 is 5.32 Å². The Kier molecular flexibility index (Phi) is 9.74. The first-order chi connectivity index (χ1) is 20.0. The minimum atomic E-state index is -4.53. The number of piperidine rings is 1. The Morgan fingerprint density at radius 3 is 2.05 bits per heavy atom. The van der Waals surface area contributed by atoms with Crippen molar-refractivity contribution in [2.24, 2.45) is 0 Å². The maximum atomic E-state index is 14.1. The predicted molar refractivity (Wildman–Crippen MR) is 156 cm³/mol. The second kappa shape index (κ2) is 13.1. The number of methoxy groups -OCH3 is 1. The SMILES string of the molecule is CO[C@@H]1CN(C(C)CC(C(=O)N(C)C)(c2ccccc2)c2ccccc2)CC[C@H]1NC(=O)c1cccc(C(F)(F)F)c1. The number of likely N-dealkylation sites (N-methyl/N-ethyl adjacent to an activating group) is 1. The Bertz CT molecular complexity index is 1310. The zero-order valence-electron chi connectivity index (χ0n) is 24.4. The van der Waals surface area contributed by atoms with Crippen LogP contribution in [0.1, 0.15) is 46.8 Å². The fourth-order valence-corrected chi connectivity index (χ4v) is 5.97. The molecule has 4 rings (SSSR count). The molecule has 9 heteroatoms. The summed E-state index contributed by atoms with van der Waals surface area (Å²) >= 11 is 0. The van der Waals surface area contributed by atoms with E-state index >= 15 is 0 Å². The molecule has 1 heterocycles. The zero-order valence-corrected chi connectivity index (χ0v) is 24.4. The summed E-state index contributed by atoms with van der Waals surface area (Å²) in [5, 5.41) is 2.89. The van der Waals surface area contributed by atoms with Gasteiger partial charge in [0.05, 0.1) is 17.7 Å². The van der Waals surface area contributed by atoms with Crippen LogP contribution in [0.25, 0.3) is 0 Å². The van der Waals surface area contributed by atoms with Crippen LogP contribution in [0.5, 0.6) is 0 Å². The summed E-state index contributed by atoms with van der Waals surface area (Å²) in [4.78, 5) is 30.9. The van der Waals surface area contributed by atoms with E-state index in [1.54, 1.807) is 26.1 Å². The third kappa shape index (κ3) is 6.68. The van der Waals surface area contributed by atoms with Gasteiger partial charge in [-0.25, -0.2) is 0 Å². The second-order valence-electron chi connectivity index (χ2n) is 11.1. The maximum Gasteiger partial charge on any atom is 0.416 e. The van der Waals surface area contributed by atoms with Crippen LogP contribution >= 0.6 is 0 Å². The quantitative estimate of drug-likeness (QED) is 0.369. The number of alkyl halides is 3. The van der Waals surface area contributed by atoms with E-state index in [4.69, 9.17) is 4.74 Å². The Hall–Kier alpha value is -3.69. The summed E-state index contributed by atoms with van der Waals surface area (Å²) in [6, 6.07) is 23.6. The number of amides is 2. The van der Waals surface area contributed by atoms with Crippen molar-refractivity contribution in [1.29, 1.82) is 0 Å². The van der Waals surface area contributed by atoms with Gasteiger partial charge in [-0.1, -0.05) is 66.7 Å². The van der Waals surface area contributed by atoms with Crippen LogP contribution in [0.3, 0.4) is 0 Å². The van der Waals surface area contributed by atoms with Crippen molar-refractivity contribution in [3.63, 3.8) is 0 Å². The lowest BCUT2D eigenvalue weighted by Gasteiger charge is -2.44. The van der Waals surface area contributed by atoms with Gasteiger partial charge in [0.2, 0.25) is 5.91 Å². The van der Waals surface area contributed by atoms with Gasteiger partial charge in [-0.2, -0.15) is 13.2 Å². The Morgan fingerprint density at radius 2 is 1.52 bits per heavy atom. The molecule has 3 aromatic rings. The lowest BCUT2D eigenvalue weighted by Crippen LogP contribution is -2.58. The number of likely N-dealkylation sites (tertiary alicyclic amines) is 1. The van der Waals surface area contributed by atoms with Crippen molar-refractivity contribution in [2.45, 2.75) is 49.5 Å². The fourth-order valence-electron chi connectivity index (χ4n) is 5.97. The van der Waals surface area contributed by atoms with Crippen LogP contribution in [0.4, 0.5) is 13.2 Å². The van der Waals surface area contributed by atoms with Gasteiger partial charge >= 0.3 is 6.18 Å². The molecule has 1 aliphatic rings. The summed E-state index contributed by atoms with van der Waals surface area (Å²) < 4.78 is 45.3. The number of nitrogens with one attached hydrogen (secondary N) is 1. The smallest absolute Gasteiger partial charge is 0.378 e. The van der Waals surface area contributed by atoms with Gasteiger partial charge in [0.1, 0.15) is 5.41 Å². The molecule has 1 saturated heterocycles. The molecule has 0 aliphatic carbocycles. The van der Waals surface area contributed by atoms with Gasteiger partial charge in [0.25, 0.3) is 5.91 Å². The van der Waals surface area contributed by atoms with E-state index < -0.39 is 23.1 Å². The van der Waals surface area contributed by atoms with Crippen molar-refractivity contribution in [2.75, 3.05) is 34.3 Å². The molecule has 1 N–H and O–H groups in total. The van der Waals surface area contributed by atoms with E-state index in [0.717, 1.165) is 23.3 Å². The average molecular weight is 582 g/mol. The normalized spacial score (nSPS) is 18.7. The highest BCUT2D eigenvalue weighted by Crippen LogP contribution is 2.40. The molecule has 1 unspecified atom stereocenters. The highest BCUT2D eigenvalue weighted by Gasteiger charge is 2.45. The Labute approximate surface area is 245 Å². The van der Waals surface area contributed by atoms with Crippen LogP contribution in [-0.2, 0) is 21.1 Å². The van der Waals surface area contributed by atoms with Gasteiger partial charge in [0.15, 0.2) is 0 Å². The lowest BCUT2D eigenvalue weighted by molar-refractivity contribution is -0.137. The minimum Gasteiger partial charge on any atom is -0.378 e. The van der Waals surface area contributed by atoms with Crippen molar-refractivity contribution in [3.8, 4) is 0 Å². The number of ether oxygens (including phenoxy) is 1. The van der Waals surface area contributed by atoms with Gasteiger partial charge in [0, 0.05) is 45.9 Å². The molecule has 3 aromatic carbocycles. The predicted octanol–water partition coefficient (Wildman–Crippen LogP) is 5.38. The molecule has 0 saturated carbocycles. The van der Waals surface area contributed by atoms with Crippen LogP contribution in [0.2, 0.25) is 0 Å². The summed E-state index contributed by atoms with van der Waals surface area (Å²) in [5.41, 5.74) is -0.0211. The number of rotatable bonds is 9. The summed E-state index contributed by atoms with van der Waals surface area (Å²) in [6.07, 6.45) is -3.87. The summed E-state index contributed by atoms with van der Waals surface area (Å²) in [7, 11) is 5.11. The first-order valence-electron chi connectivity index (χ1n) is 14.0. The minimum absolute atomic E-state index is 0.0155. The first-order valence-corrected chi connectivity index (χ1v) is 14.0. The molecule has 0 aromatic heterocycles. The zero-order chi connectivity index (χ0) is 30.5. The molecule has 0 radical (unpaired) electrons. The number of benzene rings is 3. The van der Waals surface area contributed by atoms with E-state index in [1.165, 1.54) is 12.1 Å². The van der Waals surface area contributed by atoms with E-state index in [-0.39, 0.29) is 29.7 Å². The first kappa shape index (κ1) is 31.3. The average Bonchev–Trinajstić information content (AvgIpc) is 3.00. The monoisotopic (exact) mass is 581 g/mol. The molecular formula is C33H38F3N3O3. The van der Waals surface area contributed by atoms with Crippen molar-refractivity contribution < 1.29 is 27.5 Å². The molecule has 224 valence electrons. The van der Waals surface area contributed by atoms with Crippen LogP contribution in [0, 0.1) is 0 Å². The Morgan fingerprint density at radius 1 is 0.952 bits per heavy atom. The molecule has 2 amide bonds. The molecule has 1 aliphatic heterocycles. The van der Waals surface area contributed by atoms with Gasteiger partial charge in [-0.05, 0) is 49.1 Å². The standard InChI is InChI=1S/C33H38F3N3O3/c1-23(21-32(31(41)38(2)3,25-13-7-5-8-14-25)26-15-9-6-10-16-26)39-19-18-28(29(22-39)42-4)37-30(40)24-12-11-17-27(20-24)33(34,35)36/h5-17,20,23,28-29H,18-19,21-22H2,1-4H3,(H,37,40)/t23?,28-,29-/m1/s1. The van der Waals surface area contributed by atoms with Gasteiger partial charge in [-0.15, -0.1) is 0 Å². The number of carbonyl (C=O) groups is 2. The summed E-state index contributed by atoms with van der Waals surface area (Å²) in [5.74, 6) is -0.586. The number of hydrogen-bond donors (Lipinski definition) is 1. The molecule has 0 spiro atoms. The molecule has 6 nitrogen and oxygen atoms in total. The van der Waals surface area contributed by atoms with E-state index in [1.807, 2.05) is 60.7 Å². The fraction of sp³-hybridized carbons (Fsp3) is 0.394. The van der Waals surface area contributed by atoms with Gasteiger partial charge < -0.3 is 15.0 Å². The second-order valence-corrected chi connectivity index (χ2v) is 11.1. The molecule has 42 heavy (non-hydrogen) atoms. The number of halogens is 3. The van der Waals surface area contributed by atoms with E-state index in [0.29, 0.717) is 25.9 Å². The Balaban J connectivity index is 1.55. The topological polar surface area (TPSA) is 61.9 Å². The highest BCUT2D eigenvalue weighted by atomic mass is 19.4. The van der Waals surface area contributed by atoms with Crippen molar-refractivity contribution >= 4 is 11.8 Å². The van der Waals surface area contributed by atoms with E-state index in [2.05, 4.69) is 17.1 Å². The third-order valence-corrected chi connectivity index (χ3v) is 8.19. The molecule has 1 fully saturated rings. The largest absolute Gasteiger partial charge is 0.416 e. The van der Waals surface area contributed by atoms with Crippen LogP contribution in [0.15, 0.2) is 84.9 Å².